The van der Waals surface area contributed by atoms with Gasteiger partial charge in [-0.05, 0) is 42.8 Å². The summed E-state index contributed by atoms with van der Waals surface area (Å²) in [4.78, 5) is 29.3. The zero-order valence-corrected chi connectivity index (χ0v) is 19.6. The lowest BCUT2D eigenvalue weighted by Crippen LogP contribution is -2.41. The average Bonchev–Trinajstić information content (AvgIpc) is 3.62. The van der Waals surface area contributed by atoms with Crippen LogP contribution in [0.4, 0.5) is 0 Å². The third-order valence-corrected chi connectivity index (χ3v) is 5.82. The summed E-state index contributed by atoms with van der Waals surface area (Å²) in [6, 6.07) is 10.8. The van der Waals surface area contributed by atoms with E-state index in [-0.39, 0.29) is 11.8 Å². The Labute approximate surface area is 199 Å². The van der Waals surface area contributed by atoms with Gasteiger partial charge in [-0.2, -0.15) is 0 Å². The Morgan fingerprint density at radius 3 is 2.71 bits per heavy atom. The molecule has 0 aliphatic carbocycles. The van der Waals surface area contributed by atoms with Crippen LogP contribution in [0, 0.1) is 0 Å². The van der Waals surface area contributed by atoms with Gasteiger partial charge in [0.15, 0.2) is 11.5 Å². The molecule has 0 aromatic carbocycles. The molecule has 9 heteroatoms. The number of hydrogen-bond donors (Lipinski definition) is 1. The second kappa shape index (κ2) is 11.7. The van der Waals surface area contributed by atoms with Gasteiger partial charge >= 0.3 is 0 Å². The Hall–Kier alpha value is -3.30. The summed E-state index contributed by atoms with van der Waals surface area (Å²) in [5.74, 6) is 0.961. The van der Waals surface area contributed by atoms with Crippen LogP contribution in [0.25, 0.3) is 0 Å². The lowest BCUT2D eigenvalue weighted by atomic mass is 10.3. The molecule has 1 fully saturated rings. The van der Waals surface area contributed by atoms with E-state index in [0.717, 1.165) is 45.0 Å². The monoisotopic (exact) mass is 468 g/mol. The zero-order valence-electron chi connectivity index (χ0n) is 19.6. The van der Waals surface area contributed by atoms with Crippen molar-refractivity contribution in [2.75, 3.05) is 45.9 Å². The molecule has 0 radical (unpaired) electrons. The van der Waals surface area contributed by atoms with Gasteiger partial charge in [-0.15, -0.1) is 0 Å². The summed E-state index contributed by atoms with van der Waals surface area (Å²) in [6.07, 6.45) is 4.30. The Bertz CT molecular complexity index is 1050. The topological polar surface area (TPSA) is 93.1 Å². The molecule has 4 heterocycles. The first-order valence-electron chi connectivity index (χ1n) is 11.8. The Morgan fingerprint density at radius 1 is 1.09 bits per heavy atom. The fraction of sp³-hybridized carbons (Fsp3) is 0.440. The lowest BCUT2D eigenvalue weighted by molar-refractivity contribution is 0.0382. The molecule has 0 bridgehead atoms. The van der Waals surface area contributed by atoms with Crippen molar-refractivity contribution < 1.29 is 23.2 Å². The summed E-state index contributed by atoms with van der Waals surface area (Å²) in [5, 5.41) is 2.92. The molecule has 2 amide bonds. The van der Waals surface area contributed by atoms with Crippen LogP contribution in [0.15, 0.2) is 57.7 Å². The molecule has 4 rings (SSSR count). The zero-order chi connectivity index (χ0) is 23.8. The molecule has 1 saturated heterocycles. The Kier molecular flexibility index (Phi) is 8.21. The molecular formula is C25H32N4O5. The van der Waals surface area contributed by atoms with Crippen molar-refractivity contribution in [3.05, 3.63) is 71.8 Å². The number of carbonyl (C=O) groups is 2. The van der Waals surface area contributed by atoms with E-state index in [1.807, 2.05) is 35.9 Å². The number of furan rings is 2. The van der Waals surface area contributed by atoms with Crippen molar-refractivity contribution in [3.8, 4) is 0 Å². The van der Waals surface area contributed by atoms with E-state index in [2.05, 4.69) is 10.2 Å². The number of nitrogens with zero attached hydrogens (tertiary/aromatic N) is 3. The van der Waals surface area contributed by atoms with Gasteiger partial charge in [-0.1, -0.05) is 6.92 Å². The minimum Gasteiger partial charge on any atom is -0.459 e. The molecule has 1 N–H and O–H groups in total. The highest BCUT2D eigenvalue weighted by atomic mass is 16.5. The molecule has 1 aliphatic heterocycles. The second-order valence-corrected chi connectivity index (χ2v) is 8.31. The Balaban J connectivity index is 1.33. The number of nitrogens with one attached hydrogen (secondary N) is 1. The molecule has 1 aliphatic rings. The highest BCUT2D eigenvalue weighted by Crippen LogP contribution is 2.16. The van der Waals surface area contributed by atoms with E-state index in [1.165, 1.54) is 6.26 Å². The summed E-state index contributed by atoms with van der Waals surface area (Å²) in [5.41, 5.74) is 0.973. The maximum atomic E-state index is 12.8. The largest absolute Gasteiger partial charge is 0.459 e. The second-order valence-electron chi connectivity index (χ2n) is 8.31. The van der Waals surface area contributed by atoms with Crippen molar-refractivity contribution in [2.24, 2.45) is 0 Å². The van der Waals surface area contributed by atoms with Crippen LogP contribution in [0.2, 0.25) is 0 Å². The third kappa shape index (κ3) is 6.18. The molecule has 0 saturated carbocycles. The molecule has 3 aromatic heterocycles. The highest BCUT2D eigenvalue weighted by molar-refractivity contribution is 5.91. The van der Waals surface area contributed by atoms with Crippen LogP contribution in [0.1, 0.15) is 45.9 Å². The molecule has 0 spiro atoms. The lowest BCUT2D eigenvalue weighted by Gasteiger charge is -2.26. The van der Waals surface area contributed by atoms with Gasteiger partial charge < -0.3 is 28.4 Å². The van der Waals surface area contributed by atoms with Crippen molar-refractivity contribution >= 4 is 11.8 Å². The maximum absolute atomic E-state index is 12.8. The number of ether oxygens (including phenoxy) is 1. The van der Waals surface area contributed by atoms with E-state index in [9.17, 15) is 9.59 Å². The van der Waals surface area contributed by atoms with Crippen molar-refractivity contribution in [3.63, 3.8) is 0 Å². The average molecular weight is 469 g/mol. The minimum atomic E-state index is -0.217. The van der Waals surface area contributed by atoms with Crippen LogP contribution < -0.4 is 5.32 Å². The van der Waals surface area contributed by atoms with E-state index in [4.69, 9.17) is 13.6 Å². The van der Waals surface area contributed by atoms with Crippen LogP contribution in [0.3, 0.4) is 0 Å². The Morgan fingerprint density at radius 2 is 1.94 bits per heavy atom. The molecule has 34 heavy (non-hydrogen) atoms. The predicted molar refractivity (Wildman–Crippen MR) is 126 cm³/mol. The standard InChI is InChI=1S/C25H32N4O5/c1-2-10-29(25(31)23-6-4-15-33-23)18-20-5-3-11-28(20)19-21-7-8-22(34-21)24(30)26-9-12-27-13-16-32-17-14-27/h3-8,11,15H,2,9-10,12-14,16-19H2,1H3,(H,26,30). The fourth-order valence-corrected chi connectivity index (χ4v) is 4.01. The van der Waals surface area contributed by atoms with Crippen LogP contribution in [0.5, 0.6) is 0 Å². The van der Waals surface area contributed by atoms with Crippen LogP contribution in [-0.2, 0) is 17.8 Å². The highest BCUT2D eigenvalue weighted by Gasteiger charge is 2.20. The van der Waals surface area contributed by atoms with Gasteiger partial charge in [0.1, 0.15) is 5.76 Å². The first-order chi connectivity index (χ1) is 16.6. The van der Waals surface area contributed by atoms with Crippen LogP contribution >= 0.6 is 0 Å². The molecule has 9 nitrogen and oxygen atoms in total. The summed E-state index contributed by atoms with van der Waals surface area (Å²) < 4.78 is 18.5. The number of rotatable bonds is 11. The number of hydrogen-bond acceptors (Lipinski definition) is 6. The van der Waals surface area contributed by atoms with Gasteiger partial charge in [0.25, 0.3) is 11.8 Å². The van der Waals surface area contributed by atoms with Gasteiger partial charge in [0.2, 0.25) is 0 Å². The first-order valence-corrected chi connectivity index (χ1v) is 11.8. The summed E-state index contributed by atoms with van der Waals surface area (Å²) >= 11 is 0. The molecule has 3 aromatic rings. The van der Waals surface area contributed by atoms with E-state index >= 15 is 0 Å². The SMILES string of the molecule is CCCN(Cc1cccn1Cc1ccc(C(=O)NCCN2CCOCC2)o1)C(=O)c1ccco1. The smallest absolute Gasteiger partial charge is 0.289 e. The van der Waals surface area contributed by atoms with Gasteiger partial charge in [0, 0.05) is 44.6 Å². The van der Waals surface area contributed by atoms with Gasteiger partial charge in [0.05, 0.1) is 32.6 Å². The molecule has 182 valence electrons. The van der Waals surface area contributed by atoms with E-state index < -0.39 is 0 Å². The third-order valence-electron chi connectivity index (χ3n) is 5.82. The normalized spacial score (nSPS) is 14.3. The number of amides is 2. The fourth-order valence-electron chi connectivity index (χ4n) is 4.01. The van der Waals surface area contributed by atoms with Crippen molar-refractivity contribution in [1.29, 1.82) is 0 Å². The van der Waals surface area contributed by atoms with E-state index in [1.54, 1.807) is 23.1 Å². The summed E-state index contributed by atoms with van der Waals surface area (Å²) in [7, 11) is 0. The predicted octanol–water partition coefficient (Wildman–Crippen LogP) is 2.84. The maximum Gasteiger partial charge on any atom is 0.289 e. The quantitative estimate of drug-likeness (QED) is 0.465. The van der Waals surface area contributed by atoms with Crippen LogP contribution in [-0.4, -0.2) is 72.1 Å². The molecular weight excluding hydrogens is 436 g/mol. The van der Waals surface area contributed by atoms with Crippen molar-refractivity contribution in [2.45, 2.75) is 26.4 Å². The first kappa shape index (κ1) is 23.8. The number of morpholine rings is 1. The van der Waals surface area contributed by atoms with Gasteiger partial charge in [-0.25, -0.2) is 0 Å². The molecule has 0 unspecified atom stereocenters. The summed E-state index contributed by atoms with van der Waals surface area (Å²) in [6.45, 7) is 8.21. The minimum absolute atomic E-state index is 0.131. The number of aromatic nitrogens is 1. The number of carbonyl (C=O) groups excluding carboxylic acids is 2. The molecule has 0 atom stereocenters. The van der Waals surface area contributed by atoms with E-state index in [0.29, 0.717) is 43.5 Å². The van der Waals surface area contributed by atoms with Crippen molar-refractivity contribution in [1.82, 2.24) is 19.7 Å². The van der Waals surface area contributed by atoms with Gasteiger partial charge in [-0.3, -0.25) is 14.5 Å².